The second kappa shape index (κ2) is 9.64. The molecule has 0 amide bonds. The first-order valence-electron chi connectivity index (χ1n) is 13.0. The molecule has 3 fully saturated rings. The number of nitrogens with one attached hydrogen (secondary N) is 2. The van der Waals surface area contributed by atoms with Crippen molar-refractivity contribution in [2.45, 2.75) is 31.1 Å². The van der Waals surface area contributed by atoms with E-state index < -0.39 is 22.6 Å². The first kappa shape index (κ1) is 25.3. The van der Waals surface area contributed by atoms with Crippen molar-refractivity contribution in [2.75, 3.05) is 23.7 Å². The highest BCUT2D eigenvalue weighted by Crippen LogP contribution is 2.43. The van der Waals surface area contributed by atoms with Crippen LogP contribution in [0, 0.1) is 11.8 Å². The van der Waals surface area contributed by atoms with E-state index in [2.05, 4.69) is 27.1 Å². The molecule has 1 aromatic heterocycles. The summed E-state index contributed by atoms with van der Waals surface area (Å²) < 4.78 is 39.0. The average Bonchev–Trinajstić information content (AvgIpc) is 2.96. The molecule has 2 bridgehead atoms. The number of para-hydroxylation sites is 1. The van der Waals surface area contributed by atoms with E-state index in [1.54, 1.807) is 6.20 Å². The summed E-state index contributed by atoms with van der Waals surface area (Å²) in [4.78, 5) is 32.3. The van der Waals surface area contributed by atoms with Gasteiger partial charge in [0.2, 0.25) is 0 Å². The molecule has 0 aliphatic carbocycles. The van der Waals surface area contributed by atoms with Crippen LogP contribution in [-0.4, -0.2) is 29.0 Å². The number of hydrogen-bond acceptors (Lipinski definition) is 6. The molecule has 3 saturated heterocycles. The van der Waals surface area contributed by atoms with Gasteiger partial charge in [-0.1, -0.05) is 24.3 Å². The highest BCUT2D eigenvalue weighted by atomic mass is 19.4. The standard InChI is InChI=1S/C30H27F3N4O2/c1-2-17-16-37-14-12-18(17)15-24(37)25(22-11-13-34-23-6-4-3-5-21(22)23)36-27-26(28(38)29(27)39)35-20-9-7-19(8-10-20)30(31,32)33/h2-11,13,17-18,24-25,35-36H,1,12,14-16H2/t17?,18?,24?,25-/m1/s1. The quantitative estimate of drug-likeness (QED) is 0.237. The van der Waals surface area contributed by atoms with E-state index in [-0.39, 0.29) is 23.5 Å². The number of hydrogen-bond donors (Lipinski definition) is 2. The van der Waals surface area contributed by atoms with E-state index in [9.17, 15) is 22.8 Å². The minimum atomic E-state index is -4.47. The lowest BCUT2D eigenvalue weighted by Gasteiger charge is -2.52. The van der Waals surface area contributed by atoms with Crippen LogP contribution >= 0.6 is 0 Å². The van der Waals surface area contributed by atoms with Gasteiger partial charge >= 0.3 is 6.18 Å². The largest absolute Gasteiger partial charge is 0.416 e. The smallest absolute Gasteiger partial charge is 0.372 e. The van der Waals surface area contributed by atoms with Gasteiger partial charge in [-0.2, -0.15) is 13.2 Å². The maximum absolute atomic E-state index is 13.0. The summed E-state index contributed by atoms with van der Waals surface area (Å²) in [7, 11) is 0. The average molecular weight is 533 g/mol. The Labute approximate surface area is 222 Å². The normalized spacial score (nSPS) is 23.6. The molecule has 7 rings (SSSR count). The lowest BCUT2D eigenvalue weighted by molar-refractivity contribution is -0.137. The summed E-state index contributed by atoms with van der Waals surface area (Å²) in [6.07, 6.45) is 1.30. The Kier molecular flexibility index (Phi) is 6.26. The molecule has 0 saturated carbocycles. The Morgan fingerprint density at radius 3 is 2.46 bits per heavy atom. The van der Waals surface area contributed by atoms with E-state index in [1.165, 1.54) is 12.1 Å². The summed E-state index contributed by atoms with van der Waals surface area (Å²) in [5, 5.41) is 7.24. The third-order valence-corrected chi connectivity index (χ3v) is 8.25. The number of rotatable bonds is 7. The number of piperidine rings is 3. The first-order chi connectivity index (χ1) is 18.7. The monoisotopic (exact) mass is 532 g/mol. The van der Waals surface area contributed by atoms with Gasteiger partial charge in [0.05, 0.1) is 17.1 Å². The maximum atomic E-state index is 13.0. The molecule has 4 aromatic rings. The number of alkyl halides is 3. The Morgan fingerprint density at radius 1 is 1.03 bits per heavy atom. The molecule has 4 heterocycles. The van der Waals surface area contributed by atoms with Gasteiger partial charge in [0.15, 0.2) is 0 Å². The van der Waals surface area contributed by atoms with Crippen LogP contribution in [0.3, 0.4) is 0 Å². The van der Waals surface area contributed by atoms with E-state index in [0.717, 1.165) is 54.5 Å². The molecule has 3 aliphatic heterocycles. The summed E-state index contributed by atoms with van der Waals surface area (Å²) in [5.41, 5.74) is 0.160. The Balaban J connectivity index is 1.37. The molecule has 9 heteroatoms. The Hall–Kier alpha value is -3.98. The number of fused-ring (bicyclic) bond motifs is 4. The third-order valence-electron chi connectivity index (χ3n) is 8.25. The van der Waals surface area contributed by atoms with Gasteiger partial charge in [-0.25, -0.2) is 0 Å². The minimum absolute atomic E-state index is 0.0584. The van der Waals surface area contributed by atoms with Crippen molar-refractivity contribution < 1.29 is 13.2 Å². The van der Waals surface area contributed by atoms with Crippen molar-refractivity contribution in [3.05, 3.63) is 105 Å². The second-order valence-corrected chi connectivity index (χ2v) is 10.4. The van der Waals surface area contributed by atoms with Crippen LogP contribution in [0.5, 0.6) is 0 Å². The molecule has 3 aromatic carbocycles. The maximum Gasteiger partial charge on any atom is 0.416 e. The molecule has 200 valence electrons. The highest BCUT2D eigenvalue weighted by molar-refractivity contribution is 5.84. The van der Waals surface area contributed by atoms with Crippen molar-refractivity contribution in [1.29, 1.82) is 0 Å². The van der Waals surface area contributed by atoms with Gasteiger partial charge in [-0.3, -0.25) is 19.5 Å². The van der Waals surface area contributed by atoms with Crippen LogP contribution in [0.25, 0.3) is 10.9 Å². The topological polar surface area (TPSA) is 74.3 Å². The van der Waals surface area contributed by atoms with Gasteiger partial charge in [0, 0.05) is 29.9 Å². The van der Waals surface area contributed by atoms with Crippen LogP contribution in [-0.2, 0) is 6.18 Å². The van der Waals surface area contributed by atoms with E-state index in [1.807, 2.05) is 36.4 Å². The number of halogens is 3. The summed E-state index contributed by atoms with van der Waals surface area (Å²) in [5.74, 6) is 0.889. The van der Waals surface area contributed by atoms with Crippen LogP contribution in [0.15, 0.2) is 83.0 Å². The minimum Gasteiger partial charge on any atom is -0.372 e. The van der Waals surface area contributed by atoms with Crippen molar-refractivity contribution in [3.63, 3.8) is 0 Å². The molecular formula is C30H27F3N4O2. The van der Waals surface area contributed by atoms with Crippen molar-refractivity contribution >= 4 is 28.0 Å². The van der Waals surface area contributed by atoms with Crippen molar-refractivity contribution in [2.24, 2.45) is 11.8 Å². The van der Waals surface area contributed by atoms with Crippen molar-refractivity contribution in [3.8, 4) is 0 Å². The van der Waals surface area contributed by atoms with E-state index in [0.29, 0.717) is 17.5 Å². The second-order valence-electron chi connectivity index (χ2n) is 10.4. The summed E-state index contributed by atoms with van der Waals surface area (Å²) in [6.45, 7) is 5.83. The van der Waals surface area contributed by atoms with Crippen molar-refractivity contribution in [1.82, 2.24) is 9.88 Å². The number of nitrogens with zero attached hydrogens (tertiary/aromatic N) is 2. The summed E-state index contributed by atoms with van der Waals surface area (Å²) in [6, 6.07) is 13.9. The number of anilines is 3. The Bertz CT molecular complexity index is 1600. The lowest BCUT2D eigenvalue weighted by atomic mass is 9.73. The fraction of sp³-hybridized carbons (Fsp3) is 0.300. The zero-order valence-corrected chi connectivity index (χ0v) is 21.0. The van der Waals surface area contributed by atoms with Crippen LogP contribution < -0.4 is 21.5 Å². The molecule has 39 heavy (non-hydrogen) atoms. The van der Waals surface area contributed by atoms with Gasteiger partial charge in [0.25, 0.3) is 10.9 Å². The number of aromatic nitrogens is 1. The fourth-order valence-electron chi connectivity index (χ4n) is 6.19. The zero-order valence-electron chi connectivity index (χ0n) is 21.0. The van der Waals surface area contributed by atoms with Crippen LogP contribution in [0.2, 0.25) is 0 Å². The van der Waals surface area contributed by atoms with E-state index >= 15 is 0 Å². The van der Waals surface area contributed by atoms with Gasteiger partial charge < -0.3 is 10.6 Å². The predicted octanol–water partition coefficient (Wildman–Crippen LogP) is 5.64. The molecule has 0 radical (unpaired) electrons. The number of benzene rings is 2. The van der Waals surface area contributed by atoms with Gasteiger partial charge in [0.1, 0.15) is 11.4 Å². The molecule has 3 aliphatic rings. The molecule has 6 nitrogen and oxygen atoms in total. The van der Waals surface area contributed by atoms with Crippen LogP contribution in [0.1, 0.15) is 30.0 Å². The Morgan fingerprint density at radius 2 is 1.77 bits per heavy atom. The van der Waals surface area contributed by atoms with Gasteiger partial charge in [-0.05, 0) is 73.2 Å². The molecular weight excluding hydrogens is 505 g/mol. The zero-order chi connectivity index (χ0) is 27.3. The molecule has 2 N–H and O–H groups in total. The predicted molar refractivity (Wildman–Crippen MR) is 146 cm³/mol. The molecule has 5 atom stereocenters. The lowest BCUT2D eigenvalue weighted by Crippen LogP contribution is -2.56. The highest BCUT2D eigenvalue weighted by Gasteiger charge is 2.43. The number of pyridine rings is 1. The van der Waals surface area contributed by atoms with Crippen LogP contribution in [0.4, 0.5) is 30.2 Å². The SMILES string of the molecule is C=CC1CN2CCC1CC2[C@H](Nc1c(Nc2ccc(C(F)(F)F)cc2)c(=O)c1=O)c1ccnc2ccccc12. The third kappa shape index (κ3) is 4.50. The fourth-order valence-corrected chi connectivity index (χ4v) is 6.19. The van der Waals surface area contributed by atoms with E-state index in [4.69, 9.17) is 0 Å². The first-order valence-corrected chi connectivity index (χ1v) is 13.0. The molecule has 0 spiro atoms. The summed E-state index contributed by atoms with van der Waals surface area (Å²) >= 11 is 0. The molecule has 4 unspecified atom stereocenters. The van der Waals surface area contributed by atoms with Gasteiger partial charge in [-0.15, -0.1) is 6.58 Å².